The van der Waals surface area contributed by atoms with Crippen molar-refractivity contribution < 1.29 is 14.2 Å². The number of halogens is 1. The molecule has 1 aliphatic rings. The zero-order valence-corrected chi connectivity index (χ0v) is 9.93. The molecular formula is C11H15FN2O4. The van der Waals surface area contributed by atoms with Gasteiger partial charge in [-0.2, -0.15) is 0 Å². The molecule has 7 heteroatoms. The third-order valence-electron chi connectivity index (χ3n) is 3.20. The molecule has 1 aliphatic heterocycles. The Morgan fingerprint density at radius 1 is 1.61 bits per heavy atom. The van der Waals surface area contributed by atoms with Crippen molar-refractivity contribution in [2.75, 3.05) is 13.3 Å². The summed E-state index contributed by atoms with van der Waals surface area (Å²) in [6.45, 7) is 0.668. The number of aromatic amines is 1. The lowest BCUT2D eigenvalue weighted by atomic mass is 10.0. The number of rotatable bonds is 3. The van der Waals surface area contributed by atoms with Gasteiger partial charge in [0.15, 0.2) is 0 Å². The van der Waals surface area contributed by atoms with Crippen LogP contribution in [0.25, 0.3) is 0 Å². The number of ether oxygens (including phenoxy) is 1. The van der Waals surface area contributed by atoms with Crippen molar-refractivity contribution in [1.29, 1.82) is 0 Å². The van der Waals surface area contributed by atoms with E-state index in [1.807, 2.05) is 0 Å². The Morgan fingerprint density at radius 3 is 2.89 bits per heavy atom. The fourth-order valence-electron chi connectivity index (χ4n) is 2.11. The van der Waals surface area contributed by atoms with E-state index in [-0.39, 0.29) is 6.61 Å². The molecule has 1 aromatic rings. The Hall–Kier alpha value is -1.47. The SMILES string of the molecule is Cc1cn([C@H]2C[C@@H](CF)[C@@H](CO)O2)c(=O)[nH]c1=O. The van der Waals surface area contributed by atoms with E-state index in [1.165, 1.54) is 10.8 Å². The number of aromatic nitrogens is 2. The summed E-state index contributed by atoms with van der Waals surface area (Å²) >= 11 is 0. The molecule has 0 radical (unpaired) electrons. The molecule has 0 bridgehead atoms. The van der Waals surface area contributed by atoms with Crippen molar-refractivity contribution in [3.8, 4) is 0 Å². The van der Waals surface area contributed by atoms with Crippen LogP contribution in [0.5, 0.6) is 0 Å². The summed E-state index contributed by atoms with van der Waals surface area (Å²) in [5.41, 5.74) is -0.663. The smallest absolute Gasteiger partial charge is 0.330 e. The molecule has 6 nitrogen and oxygen atoms in total. The van der Waals surface area contributed by atoms with E-state index >= 15 is 0 Å². The lowest BCUT2D eigenvalue weighted by Crippen LogP contribution is -2.33. The van der Waals surface area contributed by atoms with Crippen LogP contribution in [-0.2, 0) is 4.74 Å². The van der Waals surface area contributed by atoms with Gasteiger partial charge in [-0.3, -0.25) is 18.7 Å². The molecule has 0 aromatic carbocycles. The highest BCUT2D eigenvalue weighted by Gasteiger charge is 2.36. The minimum atomic E-state index is -0.647. The molecule has 0 spiro atoms. The molecule has 2 rings (SSSR count). The van der Waals surface area contributed by atoms with Crippen molar-refractivity contribution in [3.05, 3.63) is 32.6 Å². The van der Waals surface area contributed by atoms with E-state index in [4.69, 9.17) is 9.84 Å². The molecule has 3 atom stereocenters. The minimum Gasteiger partial charge on any atom is -0.394 e. The summed E-state index contributed by atoms with van der Waals surface area (Å²) < 4.78 is 19.4. The second-order valence-electron chi connectivity index (χ2n) is 4.44. The predicted octanol–water partition coefficient (Wildman–Crippen LogP) is -0.289. The average molecular weight is 258 g/mol. The van der Waals surface area contributed by atoms with Crippen LogP contribution in [-0.4, -0.2) is 34.0 Å². The summed E-state index contributed by atoms with van der Waals surface area (Å²) in [6.07, 6.45) is 0.429. The van der Waals surface area contributed by atoms with E-state index in [2.05, 4.69) is 4.98 Å². The Morgan fingerprint density at radius 2 is 2.33 bits per heavy atom. The second-order valence-corrected chi connectivity index (χ2v) is 4.44. The van der Waals surface area contributed by atoms with Crippen LogP contribution in [0.15, 0.2) is 15.8 Å². The third kappa shape index (κ3) is 2.23. The molecular weight excluding hydrogens is 243 g/mol. The summed E-state index contributed by atoms with van der Waals surface area (Å²) in [4.78, 5) is 25.0. The summed E-state index contributed by atoms with van der Waals surface area (Å²) in [7, 11) is 0. The molecule has 1 aromatic heterocycles. The van der Waals surface area contributed by atoms with Gasteiger partial charge in [0, 0.05) is 24.1 Å². The predicted molar refractivity (Wildman–Crippen MR) is 61.1 cm³/mol. The maximum atomic E-state index is 12.7. The lowest BCUT2D eigenvalue weighted by Gasteiger charge is -2.15. The van der Waals surface area contributed by atoms with Crippen LogP contribution in [0.4, 0.5) is 4.39 Å². The highest BCUT2D eigenvalue weighted by atomic mass is 19.1. The minimum absolute atomic E-state index is 0.290. The largest absolute Gasteiger partial charge is 0.394 e. The van der Waals surface area contributed by atoms with Crippen molar-refractivity contribution >= 4 is 0 Å². The van der Waals surface area contributed by atoms with Crippen LogP contribution in [0.3, 0.4) is 0 Å². The monoisotopic (exact) mass is 258 g/mol. The number of hydrogen-bond acceptors (Lipinski definition) is 4. The molecule has 0 unspecified atom stereocenters. The van der Waals surface area contributed by atoms with Crippen LogP contribution < -0.4 is 11.2 Å². The standard InChI is InChI=1S/C11H15FN2O4/c1-6-4-14(11(17)13-10(6)16)9-2-7(3-12)8(5-15)18-9/h4,7-9,15H,2-3,5H2,1H3,(H,13,16,17)/t7-,8+,9+/m0/s1. The number of aliphatic hydroxyl groups is 1. The van der Waals surface area contributed by atoms with Crippen LogP contribution in [0.2, 0.25) is 0 Å². The van der Waals surface area contributed by atoms with Gasteiger partial charge in [0.25, 0.3) is 5.56 Å². The maximum Gasteiger partial charge on any atom is 0.330 e. The zero-order valence-electron chi connectivity index (χ0n) is 9.93. The topological polar surface area (TPSA) is 84.3 Å². The summed E-state index contributed by atoms with van der Waals surface area (Å²) in [5.74, 6) is -0.431. The van der Waals surface area contributed by atoms with Gasteiger partial charge in [-0.05, 0) is 6.92 Å². The first-order valence-electron chi connectivity index (χ1n) is 5.71. The number of nitrogens with one attached hydrogen (secondary N) is 1. The number of hydrogen-bond donors (Lipinski definition) is 2. The van der Waals surface area contributed by atoms with Crippen molar-refractivity contribution in [2.24, 2.45) is 5.92 Å². The number of nitrogens with zero attached hydrogens (tertiary/aromatic N) is 1. The van der Waals surface area contributed by atoms with Gasteiger partial charge in [0.2, 0.25) is 0 Å². The molecule has 0 amide bonds. The summed E-state index contributed by atoms with van der Waals surface area (Å²) in [5, 5.41) is 9.06. The van der Waals surface area contributed by atoms with Crippen LogP contribution in [0.1, 0.15) is 18.2 Å². The highest BCUT2D eigenvalue weighted by molar-refractivity contribution is 5.01. The molecule has 100 valence electrons. The van der Waals surface area contributed by atoms with E-state index in [0.717, 1.165) is 0 Å². The molecule has 0 saturated carbocycles. The first kappa shape index (κ1) is 13.0. The Balaban J connectivity index is 2.31. The molecule has 0 aliphatic carbocycles. The molecule has 18 heavy (non-hydrogen) atoms. The van der Waals surface area contributed by atoms with Gasteiger partial charge in [-0.15, -0.1) is 0 Å². The molecule has 2 N–H and O–H groups in total. The molecule has 1 saturated heterocycles. The van der Waals surface area contributed by atoms with E-state index < -0.39 is 36.2 Å². The van der Waals surface area contributed by atoms with Gasteiger partial charge >= 0.3 is 5.69 Å². The van der Waals surface area contributed by atoms with Crippen LogP contribution in [0, 0.1) is 12.8 Å². The van der Waals surface area contributed by atoms with Crippen molar-refractivity contribution in [2.45, 2.75) is 25.7 Å². The number of H-pyrrole nitrogens is 1. The Kier molecular flexibility index (Phi) is 3.63. The fraction of sp³-hybridized carbons (Fsp3) is 0.636. The maximum absolute atomic E-state index is 12.7. The summed E-state index contributed by atoms with van der Waals surface area (Å²) in [6, 6.07) is 0. The lowest BCUT2D eigenvalue weighted by molar-refractivity contribution is -0.0342. The van der Waals surface area contributed by atoms with Gasteiger partial charge in [-0.25, -0.2) is 4.79 Å². The number of aliphatic hydroxyl groups excluding tert-OH is 1. The second kappa shape index (κ2) is 5.03. The Labute approximate surface area is 102 Å². The van der Waals surface area contributed by atoms with Crippen molar-refractivity contribution in [1.82, 2.24) is 9.55 Å². The van der Waals surface area contributed by atoms with E-state index in [0.29, 0.717) is 12.0 Å². The zero-order chi connectivity index (χ0) is 13.3. The highest BCUT2D eigenvalue weighted by Crippen LogP contribution is 2.32. The fourth-order valence-corrected chi connectivity index (χ4v) is 2.11. The molecule has 2 heterocycles. The number of alkyl halides is 1. The third-order valence-corrected chi connectivity index (χ3v) is 3.20. The average Bonchev–Trinajstić information content (AvgIpc) is 2.76. The number of aryl methyl sites for hydroxylation is 1. The quantitative estimate of drug-likeness (QED) is 0.780. The first-order valence-corrected chi connectivity index (χ1v) is 5.71. The normalized spacial score (nSPS) is 27.6. The molecule has 1 fully saturated rings. The van der Waals surface area contributed by atoms with Gasteiger partial charge in [-0.1, -0.05) is 0 Å². The van der Waals surface area contributed by atoms with E-state index in [9.17, 15) is 14.0 Å². The van der Waals surface area contributed by atoms with Gasteiger partial charge in [0.05, 0.1) is 19.4 Å². The van der Waals surface area contributed by atoms with Crippen LogP contribution >= 0.6 is 0 Å². The Bertz CT molecular complexity index is 527. The first-order chi connectivity index (χ1) is 8.56. The van der Waals surface area contributed by atoms with Gasteiger partial charge in [0.1, 0.15) is 6.23 Å². The van der Waals surface area contributed by atoms with Crippen molar-refractivity contribution in [3.63, 3.8) is 0 Å². The van der Waals surface area contributed by atoms with E-state index in [1.54, 1.807) is 6.92 Å². The van der Waals surface area contributed by atoms with Gasteiger partial charge < -0.3 is 9.84 Å².